The zero-order valence-electron chi connectivity index (χ0n) is 15.5. The van der Waals surface area contributed by atoms with Gasteiger partial charge in [0.05, 0.1) is 13.0 Å². The Kier molecular flexibility index (Phi) is 6.92. The number of benzene rings is 1. The van der Waals surface area contributed by atoms with E-state index in [0.717, 1.165) is 44.5 Å². The fourth-order valence-corrected chi connectivity index (χ4v) is 3.89. The van der Waals surface area contributed by atoms with E-state index >= 15 is 0 Å². The minimum absolute atomic E-state index is 0.137. The molecule has 0 radical (unpaired) electrons. The van der Waals surface area contributed by atoms with E-state index in [9.17, 15) is 9.59 Å². The summed E-state index contributed by atoms with van der Waals surface area (Å²) in [5.74, 6) is 1.37. The van der Waals surface area contributed by atoms with Gasteiger partial charge in [-0.05, 0) is 37.8 Å². The third-order valence-electron chi connectivity index (χ3n) is 5.50. The Morgan fingerprint density at radius 3 is 2.38 bits per heavy atom. The van der Waals surface area contributed by atoms with Crippen molar-refractivity contribution < 1.29 is 14.3 Å². The Morgan fingerprint density at radius 2 is 1.69 bits per heavy atom. The molecule has 1 saturated carbocycles. The molecule has 1 aromatic carbocycles. The molecule has 2 amide bonds. The molecule has 0 unspecified atom stereocenters. The number of carbonyl (C=O) groups excluding carboxylic acids is 2. The number of hydrogen-bond acceptors (Lipinski definition) is 3. The molecule has 3 rings (SSSR count). The zero-order chi connectivity index (χ0) is 18.2. The number of nitrogens with zero attached hydrogens (tertiary/aromatic N) is 1. The molecule has 0 spiro atoms. The molecule has 0 bridgehead atoms. The van der Waals surface area contributed by atoms with Crippen LogP contribution < -0.4 is 10.1 Å². The van der Waals surface area contributed by atoms with Crippen molar-refractivity contribution in [1.82, 2.24) is 10.2 Å². The molecular formula is C21H30N2O3. The first-order valence-corrected chi connectivity index (χ1v) is 9.98. The van der Waals surface area contributed by atoms with Gasteiger partial charge in [0.1, 0.15) is 5.75 Å². The van der Waals surface area contributed by atoms with Crippen LogP contribution in [0.4, 0.5) is 0 Å². The van der Waals surface area contributed by atoms with E-state index in [2.05, 4.69) is 5.32 Å². The number of amides is 2. The SMILES string of the molecule is O=C(NC1CCN(C(=O)CCOc2ccccc2)CC1)C1CCCCC1. The van der Waals surface area contributed by atoms with Crippen molar-refractivity contribution in [1.29, 1.82) is 0 Å². The smallest absolute Gasteiger partial charge is 0.225 e. The number of nitrogens with one attached hydrogen (secondary N) is 1. The molecule has 2 fully saturated rings. The lowest BCUT2D eigenvalue weighted by atomic mass is 9.88. The third kappa shape index (κ3) is 5.48. The molecule has 142 valence electrons. The number of ether oxygens (including phenoxy) is 1. The first-order valence-electron chi connectivity index (χ1n) is 9.98. The maximum atomic E-state index is 12.3. The summed E-state index contributed by atoms with van der Waals surface area (Å²) in [5.41, 5.74) is 0. The van der Waals surface area contributed by atoms with Crippen LogP contribution in [0, 0.1) is 5.92 Å². The van der Waals surface area contributed by atoms with Gasteiger partial charge < -0.3 is 15.0 Å². The van der Waals surface area contributed by atoms with Crippen molar-refractivity contribution in [3.63, 3.8) is 0 Å². The lowest BCUT2D eigenvalue weighted by Crippen LogP contribution is -2.48. The van der Waals surface area contributed by atoms with E-state index in [1.165, 1.54) is 19.3 Å². The quantitative estimate of drug-likeness (QED) is 0.850. The summed E-state index contributed by atoms with van der Waals surface area (Å²) in [7, 11) is 0. The number of hydrogen-bond donors (Lipinski definition) is 1. The lowest BCUT2D eigenvalue weighted by Gasteiger charge is -2.33. The summed E-state index contributed by atoms with van der Waals surface area (Å²) < 4.78 is 5.60. The van der Waals surface area contributed by atoms with Gasteiger partial charge in [-0.2, -0.15) is 0 Å². The number of piperidine rings is 1. The Bertz CT molecular complexity index is 576. The van der Waals surface area contributed by atoms with Gasteiger partial charge in [0.25, 0.3) is 0 Å². The highest BCUT2D eigenvalue weighted by molar-refractivity contribution is 5.79. The van der Waals surface area contributed by atoms with Gasteiger partial charge >= 0.3 is 0 Å². The second kappa shape index (κ2) is 9.60. The first-order chi connectivity index (χ1) is 12.7. The second-order valence-corrected chi connectivity index (χ2v) is 7.41. The minimum Gasteiger partial charge on any atom is -0.493 e. The fraction of sp³-hybridized carbons (Fsp3) is 0.619. The highest BCUT2D eigenvalue weighted by Gasteiger charge is 2.27. The zero-order valence-corrected chi connectivity index (χ0v) is 15.5. The number of para-hydroxylation sites is 1. The van der Waals surface area contributed by atoms with Crippen LogP contribution in [-0.2, 0) is 9.59 Å². The molecule has 1 aliphatic heterocycles. The highest BCUT2D eigenvalue weighted by Crippen LogP contribution is 2.24. The normalized spacial score (nSPS) is 19.2. The van der Waals surface area contributed by atoms with Gasteiger partial charge in [0.2, 0.25) is 11.8 Å². The number of likely N-dealkylation sites (tertiary alicyclic amines) is 1. The molecular weight excluding hydrogens is 328 g/mol. The average Bonchev–Trinajstić information content (AvgIpc) is 2.70. The maximum absolute atomic E-state index is 12.3. The van der Waals surface area contributed by atoms with E-state index in [4.69, 9.17) is 4.74 Å². The Morgan fingerprint density at radius 1 is 1.00 bits per heavy atom. The summed E-state index contributed by atoms with van der Waals surface area (Å²) in [4.78, 5) is 26.6. The van der Waals surface area contributed by atoms with Crippen molar-refractivity contribution in [2.24, 2.45) is 5.92 Å². The maximum Gasteiger partial charge on any atom is 0.225 e. The minimum atomic E-state index is 0.137. The van der Waals surface area contributed by atoms with E-state index < -0.39 is 0 Å². The van der Waals surface area contributed by atoms with Gasteiger partial charge in [-0.3, -0.25) is 9.59 Å². The molecule has 5 heteroatoms. The largest absolute Gasteiger partial charge is 0.493 e. The van der Waals surface area contributed by atoms with Crippen molar-refractivity contribution >= 4 is 11.8 Å². The predicted molar refractivity (Wildman–Crippen MR) is 101 cm³/mol. The molecule has 5 nitrogen and oxygen atoms in total. The van der Waals surface area contributed by atoms with Gasteiger partial charge in [0, 0.05) is 25.0 Å². The van der Waals surface area contributed by atoms with Gasteiger partial charge in [-0.25, -0.2) is 0 Å². The van der Waals surface area contributed by atoms with Crippen LogP contribution >= 0.6 is 0 Å². The van der Waals surface area contributed by atoms with Crippen molar-refractivity contribution in [2.45, 2.75) is 57.4 Å². The van der Waals surface area contributed by atoms with Crippen LogP contribution in [0.1, 0.15) is 51.4 Å². The van der Waals surface area contributed by atoms with Crippen LogP contribution in [0.5, 0.6) is 5.75 Å². The second-order valence-electron chi connectivity index (χ2n) is 7.41. The summed E-state index contributed by atoms with van der Waals surface area (Å²) in [5, 5.41) is 3.21. The molecule has 2 aliphatic rings. The third-order valence-corrected chi connectivity index (χ3v) is 5.50. The first kappa shape index (κ1) is 18.7. The van der Waals surface area contributed by atoms with E-state index in [-0.39, 0.29) is 23.8 Å². The highest BCUT2D eigenvalue weighted by atomic mass is 16.5. The van der Waals surface area contributed by atoms with Crippen LogP contribution in [0.15, 0.2) is 30.3 Å². The van der Waals surface area contributed by atoms with Crippen molar-refractivity contribution in [3.8, 4) is 5.75 Å². The number of carbonyl (C=O) groups is 2. The van der Waals surface area contributed by atoms with Gasteiger partial charge in [-0.1, -0.05) is 37.5 Å². The summed E-state index contributed by atoms with van der Waals surface area (Å²) in [6.07, 6.45) is 7.78. The van der Waals surface area contributed by atoms with Gasteiger partial charge in [-0.15, -0.1) is 0 Å². The van der Waals surface area contributed by atoms with Crippen LogP contribution in [0.25, 0.3) is 0 Å². The summed E-state index contributed by atoms with van der Waals surface area (Å²) in [6, 6.07) is 9.78. The van der Waals surface area contributed by atoms with E-state index in [0.29, 0.717) is 13.0 Å². The topological polar surface area (TPSA) is 58.6 Å². The Labute approximate surface area is 156 Å². The van der Waals surface area contributed by atoms with Gasteiger partial charge in [0.15, 0.2) is 0 Å². The fourth-order valence-electron chi connectivity index (χ4n) is 3.89. The summed E-state index contributed by atoms with van der Waals surface area (Å²) >= 11 is 0. The van der Waals surface area contributed by atoms with E-state index in [1.807, 2.05) is 35.2 Å². The standard InChI is InChI=1S/C21H30N2O3/c24-20(13-16-26-19-9-5-2-6-10-19)23-14-11-18(12-15-23)22-21(25)17-7-3-1-4-8-17/h2,5-6,9-10,17-18H,1,3-4,7-8,11-16H2,(H,22,25). The molecule has 1 heterocycles. The lowest BCUT2D eigenvalue weighted by molar-refractivity contribution is -0.133. The van der Waals surface area contributed by atoms with Crippen molar-refractivity contribution in [3.05, 3.63) is 30.3 Å². The van der Waals surface area contributed by atoms with Crippen LogP contribution in [0.2, 0.25) is 0 Å². The molecule has 26 heavy (non-hydrogen) atoms. The predicted octanol–water partition coefficient (Wildman–Crippen LogP) is 3.14. The molecule has 1 N–H and O–H groups in total. The Balaban J connectivity index is 1.33. The van der Waals surface area contributed by atoms with E-state index in [1.54, 1.807) is 0 Å². The molecule has 0 atom stereocenters. The molecule has 1 aromatic rings. The molecule has 0 aromatic heterocycles. The monoisotopic (exact) mass is 358 g/mol. The molecule has 1 aliphatic carbocycles. The van der Waals surface area contributed by atoms with Crippen LogP contribution in [0.3, 0.4) is 0 Å². The average molecular weight is 358 g/mol. The van der Waals surface area contributed by atoms with Crippen molar-refractivity contribution in [2.75, 3.05) is 19.7 Å². The van der Waals surface area contributed by atoms with Crippen LogP contribution in [-0.4, -0.2) is 42.5 Å². The molecule has 1 saturated heterocycles. The Hall–Kier alpha value is -2.04. The summed E-state index contributed by atoms with van der Waals surface area (Å²) in [6.45, 7) is 1.85. The number of rotatable bonds is 6.